The van der Waals surface area contributed by atoms with Crippen molar-refractivity contribution >= 4 is 17.0 Å². The van der Waals surface area contributed by atoms with Gasteiger partial charge in [0.2, 0.25) is 0 Å². The molecule has 3 aromatic rings. The van der Waals surface area contributed by atoms with E-state index in [9.17, 15) is 4.79 Å². The van der Waals surface area contributed by atoms with E-state index in [1.165, 1.54) is 17.5 Å². The number of aromatic carboxylic acids is 1. The number of rotatable bonds is 2. The minimum atomic E-state index is -0.946. The van der Waals surface area contributed by atoms with Crippen LogP contribution < -0.4 is 0 Å². The third-order valence-corrected chi connectivity index (χ3v) is 4.02. The lowest BCUT2D eigenvalue weighted by molar-refractivity contribution is 0.0697. The van der Waals surface area contributed by atoms with Crippen molar-refractivity contribution < 1.29 is 9.90 Å². The molecule has 0 atom stereocenters. The Morgan fingerprint density at radius 1 is 1.10 bits per heavy atom. The van der Waals surface area contributed by atoms with Gasteiger partial charge >= 0.3 is 5.97 Å². The monoisotopic (exact) mass is 279 g/mol. The molecule has 0 aliphatic heterocycles. The van der Waals surface area contributed by atoms with E-state index in [0.717, 1.165) is 18.5 Å². The quantitative estimate of drug-likeness (QED) is 0.783. The number of benzene rings is 2. The standard InChI is InChI=1S/C16H13N3O2/c20-16(21)12-5-7-14-15(9-12)19(18-17-14)13-6-4-10-2-1-3-11(10)8-13/h4-9H,1-3H2,(H,20,21). The number of aromatic nitrogens is 3. The summed E-state index contributed by atoms with van der Waals surface area (Å²) in [5.41, 5.74) is 5.33. The van der Waals surface area contributed by atoms with E-state index >= 15 is 0 Å². The Morgan fingerprint density at radius 2 is 1.95 bits per heavy atom. The molecule has 0 fully saturated rings. The number of hydrogen-bond acceptors (Lipinski definition) is 3. The summed E-state index contributed by atoms with van der Waals surface area (Å²) in [7, 11) is 0. The van der Waals surface area contributed by atoms with Gasteiger partial charge in [-0.2, -0.15) is 0 Å². The Labute approximate surface area is 120 Å². The maximum Gasteiger partial charge on any atom is 0.335 e. The number of carboxylic acids is 1. The maximum atomic E-state index is 11.1. The number of hydrogen-bond donors (Lipinski definition) is 1. The molecule has 0 bridgehead atoms. The molecule has 2 aromatic carbocycles. The van der Waals surface area contributed by atoms with E-state index in [-0.39, 0.29) is 5.56 Å². The van der Waals surface area contributed by atoms with E-state index in [1.807, 2.05) is 6.07 Å². The number of nitrogens with zero attached hydrogens (tertiary/aromatic N) is 3. The molecule has 0 saturated carbocycles. The third-order valence-electron chi connectivity index (χ3n) is 4.02. The molecule has 1 N–H and O–H groups in total. The molecule has 0 saturated heterocycles. The van der Waals surface area contributed by atoms with E-state index < -0.39 is 5.97 Å². The number of aryl methyl sites for hydroxylation is 2. The Morgan fingerprint density at radius 3 is 2.81 bits per heavy atom. The average Bonchev–Trinajstić information content (AvgIpc) is 3.12. The van der Waals surface area contributed by atoms with Crippen LogP contribution in [0, 0.1) is 0 Å². The summed E-state index contributed by atoms with van der Waals surface area (Å²) in [6.45, 7) is 0. The zero-order chi connectivity index (χ0) is 14.4. The molecule has 0 amide bonds. The molecular formula is C16H13N3O2. The summed E-state index contributed by atoms with van der Waals surface area (Å²) in [6.07, 6.45) is 3.42. The van der Waals surface area contributed by atoms with Crippen LogP contribution in [-0.4, -0.2) is 26.1 Å². The molecule has 5 heteroatoms. The molecular weight excluding hydrogens is 266 g/mol. The predicted octanol–water partition coefficient (Wildman–Crippen LogP) is 2.61. The predicted molar refractivity (Wildman–Crippen MR) is 77.8 cm³/mol. The Bertz CT molecular complexity index is 867. The fourth-order valence-corrected chi connectivity index (χ4v) is 2.93. The molecule has 1 heterocycles. The second kappa shape index (κ2) is 4.41. The third kappa shape index (κ3) is 1.89. The Kier molecular flexibility index (Phi) is 2.54. The zero-order valence-electron chi connectivity index (χ0n) is 11.3. The molecule has 0 unspecified atom stereocenters. The van der Waals surface area contributed by atoms with Gasteiger partial charge in [-0.1, -0.05) is 11.3 Å². The Hall–Kier alpha value is -2.69. The van der Waals surface area contributed by atoms with Crippen LogP contribution in [0.4, 0.5) is 0 Å². The smallest absolute Gasteiger partial charge is 0.335 e. The number of carboxylic acid groups (broad SMARTS) is 1. The highest BCUT2D eigenvalue weighted by atomic mass is 16.4. The van der Waals surface area contributed by atoms with Crippen molar-refractivity contribution in [2.45, 2.75) is 19.3 Å². The fourth-order valence-electron chi connectivity index (χ4n) is 2.93. The molecule has 4 rings (SSSR count). The normalized spacial score (nSPS) is 13.5. The summed E-state index contributed by atoms with van der Waals surface area (Å²) in [5, 5.41) is 17.4. The number of fused-ring (bicyclic) bond motifs is 2. The van der Waals surface area contributed by atoms with Crippen LogP contribution >= 0.6 is 0 Å². The lowest BCUT2D eigenvalue weighted by Crippen LogP contribution is -2.00. The van der Waals surface area contributed by atoms with Crippen LogP contribution in [0.25, 0.3) is 16.7 Å². The molecule has 0 radical (unpaired) electrons. The SMILES string of the molecule is O=C(O)c1ccc2nnn(-c3ccc4c(c3)CCC4)c2c1. The van der Waals surface area contributed by atoms with Crippen molar-refractivity contribution in [1.29, 1.82) is 0 Å². The summed E-state index contributed by atoms with van der Waals surface area (Å²) in [5.74, 6) is -0.946. The first-order chi connectivity index (χ1) is 10.2. The van der Waals surface area contributed by atoms with Crippen molar-refractivity contribution in [2.75, 3.05) is 0 Å². The maximum absolute atomic E-state index is 11.1. The summed E-state index contributed by atoms with van der Waals surface area (Å²) >= 11 is 0. The summed E-state index contributed by atoms with van der Waals surface area (Å²) < 4.78 is 1.71. The second-order valence-electron chi connectivity index (χ2n) is 5.32. The zero-order valence-corrected chi connectivity index (χ0v) is 11.3. The van der Waals surface area contributed by atoms with Crippen LogP contribution in [0.3, 0.4) is 0 Å². The van der Waals surface area contributed by atoms with Gasteiger partial charge in [-0.15, -0.1) is 5.10 Å². The van der Waals surface area contributed by atoms with Gasteiger partial charge < -0.3 is 5.11 Å². The van der Waals surface area contributed by atoms with Gasteiger partial charge in [-0.3, -0.25) is 0 Å². The lowest BCUT2D eigenvalue weighted by atomic mass is 10.1. The van der Waals surface area contributed by atoms with Gasteiger partial charge in [0.1, 0.15) is 5.52 Å². The van der Waals surface area contributed by atoms with Gasteiger partial charge in [0.25, 0.3) is 0 Å². The van der Waals surface area contributed by atoms with Crippen LogP contribution in [0.2, 0.25) is 0 Å². The average molecular weight is 279 g/mol. The summed E-state index contributed by atoms with van der Waals surface area (Å²) in [6, 6.07) is 11.1. The molecule has 1 aliphatic carbocycles. The van der Waals surface area contributed by atoms with Crippen molar-refractivity contribution in [1.82, 2.24) is 15.0 Å². The molecule has 1 aliphatic rings. The van der Waals surface area contributed by atoms with E-state index in [4.69, 9.17) is 5.11 Å². The topological polar surface area (TPSA) is 68.0 Å². The van der Waals surface area contributed by atoms with E-state index in [1.54, 1.807) is 22.9 Å². The molecule has 5 nitrogen and oxygen atoms in total. The molecule has 1 aromatic heterocycles. The number of carbonyl (C=O) groups is 1. The van der Waals surface area contributed by atoms with Crippen LogP contribution in [0.15, 0.2) is 36.4 Å². The second-order valence-corrected chi connectivity index (χ2v) is 5.32. The summed E-state index contributed by atoms with van der Waals surface area (Å²) in [4.78, 5) is 11.1. The highest BCUT2D eigenvalue weighted by Gasteiger charge is 2.14. The van der Waals surface area contributed by atoms with Crippen LogP contribution in [-0.2, 0) is 12.8 Å². The fraction of sp³-hybridized carbons (Fsp3) is 0.188. The van der Waals surface area contributed by atoms with Crippen LogP contribution in [0.5, 0.6) is 0 Å². The minimum absolute atomic E-state index is 0.243. The van der Waals surface area contributed by atoms with Crippen LogP contribution in [0.1, 0.15) is 27.9 Å². The first kappa shape index (κ1) is 12.1. The van der Waals surface area contributed by atoms with Crippen molar-refractivity contribution in [2.24, 2.45) is 0 Å². The van der Waals surface area contributed by atoms with E-state index in [0.29, 0.717) is 11.0 Å². The lowest BCUT2D eigenvalue weighted by Gasteiger charge is -2.06. The van der Waals surface area contributed by atoms with Gasteiger partial charge in [-0.25, -0.2) is 9.48 Å². The first-order valence-electron chi connectivity index (χ1n) is 6.93. The van der Waals surface area contributed by atoms with Crippen molar-refractivity contribution in [3.05, 3.63) is 53.1 Å². The molecule has 0 spiro atoms. The highest BCUT2D eigenvalue weighted by Crippen LogP contribution is 2.25. The highest BCUT2D eigenvalue weighted by molar-refractivity contribution is 5.92. The Balaban J connectivity index is 1.90. The van der Waals surface area contributed by atoms with Gasteiger partial charge in [0, 0.05) is 0 Å². The van der Waals surface area contributed by atoms with Gasteiger partial charge in [0.05, 0.1) is 16.8 Å². The van der Waals surface area contributed by atoms with Gasteiger partial charge in [-0.05, 0) is 60.7 Å². The first-order valence-corrected chi connectivity index (χ1v) is 6.93. The van der Waals surface area contributed by atoms with Crippen molar-refractivity contribution in [3.8, 4) is 5.69 Å². The molecule has 21 heavy (non-hydrogen) atoms. The van der Waals surface area contributed by atoms with Crippen molar-refractivity contribution in [3.63, 3.8) is 0 Å². The van der Waals surface area contributed by atoms with Gasteiger partial charge in [0.15, 0.2) is 0 Å². The minimum Gasteiger partial charge on any atom is -0.478 e. The molecule has 104 valence electrons. The largest absolute Gasteiger partial charge is 0.478 e. The van der Waals surface area contributed by atoms with E-state index in [2.05, 4.69) is 22.4 Å².